The van der Waals surface area contributed by atoms with Crippen LogP contribution in [0, 0.1) is 0 Å². The van der Waals surface area contributed by atoms with Crippen molar-refractivity contribution < 1.29 is 9.84 Å². The normalized spacial score (nSPS) is 28.0. The number of hydrogen-bond acceptors (Lipinski definition) is 7. The third-order valence-electron chi connectivity index (χ3n) is 3.10. The van der Waals surface area contributed by atoms with E-state index >= 15 is 0 Å². The van der Waals surface area contributed by atoms with Crippen molar-refractivity contribution in [3.8, 4) is 0 Å². The molecule has 2 aromatic heterocycles. The first-order valence-electron chi connectivity index (χ1n) is 5.65. The Hall–Kier alpha value is -1.77. The molecule has 1 fully saturated rings. The summed E-state index contributed by atoms with van der Waals surface area (Å²) in [5, 5.41) is 9.11. The van der Waals surface area contributed by atoms with E-state index in [2.05, 4.69) is 15.0 Å². The lowest BCUT2D eigenvalue weighted by atomic mass is 10.2. The second kappa shape index (κ2) is 4.16. The molecule has 0 radical (unpaired) electrons. The summed E-state index contributed by atoms with van der Waals surface area (Å²) in [6.07, 6.45) is 2.92. The molecular formula is C10H14N6O2. The average molecular weight is 250 g/mol. The fraction of sp³-hybridized carbons (Fsp3) is 0.500. The van der Waals surface area contributed by atoms with Crippen molar-refractivity contribution in [3.05, 3.63) is 12.7 Å². The molecule has 18 heavy (non-hydrogen) atoms. The van der Waals surface area contributed by atoms with Gasteiger partial charge in [0.2, 0.25) is 0 Å². The first-order valence-corrected chi connectivity index (χ1v) is 5.65. The van der Waals surface area contributed by atoms with Crippen molar-refractivity contribution in [3.63, 3.8) is 0 Å². The van der Waals surface area contributed by atoms with Crippen LogP contribution in [-0.4, -0.2) is 43.4 Å². The van der Waals surface area contributed by atoms with Crippen molar-refractivity contribution >= 4 is 17.0 Å². The molecule has 3 rings (SSSR count). The summed E-state index contributed by atoms with van der Waals surface area (Å²) in [6.45, 7) is -0.0477. The number of ether oxygens (including phenoxy) is 1. The Labute approximate surface area is 103 Å². The topological polar surface area (TPSA) is 125 Å². The van der Waals surface area contributed by atoms with E-state index < -0.39 is 0 Å². The fourth-order valence-corrected chi connectivity index (χ4v) is 2.22. The van der Waals surface area contributed by atoms with Crippen molar-refractivity contribution in [1.82, 2.24) is 19.5 Å². The first-order chi connectivity index (χ1) is 8.70. The minimum Gasteiger partial charge on any atom is -0.394 e. The molecule has 3 heterocycles. The SMILES string of the molecule is Nc1ncnc2c1ncn2[C@@H]1O[C@H](CO)C[C@H]1N. The second-order valence-electron chi connectivity index (χ2n) is 4.31. The number of nitrogen functional groups attached to an aromatic ring is 1. The van der Waals surface area contributed by atoms with Crippen LogP contribution in [0.25, 0.3) is 11.2 Å². The molecule has 1 aliphatic rings. The quantitative estimate of drug-likeness (QED) is 0.625. The molecule has 1 aliphatic heterocycles. The number of rotatable bonds is 2. The molecule has 96 valence electrons. The van der Waals surface area contributed by atoms with Gasteiger partial charge < -0.3 is 21.3 Å². The zero-order valence-corrected chi connectivity index (χ0v) is 9.60. The zero-order valence-electron chi connectivity index (χ0n) is 9.60. The lowest BCUT2D eigenvalue weighted by Crippen LogP contribution is -2.27. The van der Waals surface area contributed by atoms with Crippen LogP contribution >= 0.6 is 0 Å². The molecule has 3 atom stereocenters. The molecular weight excluding hydrogens is 236 g/mol. The van der Waals surface area contributed by atoms with Crippen LogP contribution in [0.4, 0.5) is 5.82 Å². The van der Waals surface area contributed by atoms with Gasteiger partial charge in [-0.15, -0.1) is 0 Å². The summed E-state index contributed by atoms with van der Waals surface area (Å²) in [5.41, 5.74) is 12.8. The monoisotopic (exact) mass is 250 g/mol. The van der Waals surface area contributed by atoms with Gasteiger partial charge in [0.05, 0.1) is 25.1 Å². The van der Waals surface area contributed by atoms with Crippen LogP contribution in [0.2, 0.25) is 0 Å². The van der Waals surface area contributed by atoms with E-state index in [0.29, 0.717) is 23.4 Å². The Bertz CT molecular complexity index is 570. The summed E-state index contributed by atoms with van der Waals surface area (Å²) in [5.74, 6) is 0.323. The maximum absolute atomic E-state index is 9.11. The Morgan fingerprint density at radius 3 is 3.00 bits per heavy atom. The van der Waals surface area contributed by atoms with E-state index in [9.17, 15) is 0 Å². The van der Waals surface area contributed by atoms with Crippen molar-refractivity contribution in [2.24, 2.45) is 5.73 Å². The predicted octanol–water partition coefficient (Wildman–Crippen LogP) is -0.984. The molecule has 0 aliphatic carbocycles. The third kappa shape index (κ3) is 1.62. The van der Waals surface area contributed by atoms with Crippen LogP contribution in [0.3, 0.4) is 0 Å². The van der Waals surface area contributed by atoms with Crippen LogP contribution in [-0.2, 0) is 4.74 Å². The first kappa shape index (κ1) is 11.3. The van der Waals surface area contributed by atoms with Gasteiger partial charge in [0.25, 0.3) is 0 Å². The van der Waals surface area contributed by atoms with Crippen LogP contribution < -0.4 is 11.5 Å². The number of aliphatic hydroxyl groups is 1. The Morgan fingerprint density at radius 2 is 2.28 bits per heavy atom. The minimum atomic E-state index is -0.388. The Kier molecular flexibility index (Phi) is 2.62. The number of nitrogens with zero attached hydrogens (tertiary/aromatic N) is 4. The fourth-order valence-electron chi connectivity index (χ4n) is 2.22. The molecule has 0 spiro atoms. The molecule has 0 unspecified atom stereocenters. The van der Waals surface area contributed by atoms with Gasteiger partial charge in [-0.2, -0.15) is 0 Å². The number of aromatic nitrogens is 4. The minimum absolute atomic E-state index is 0.0477. The highest BCUT2D eigenvalue weighted by molar-refractivity contribution is 5.81. The van der Waals surface area contributed by atoms with E-state index in [4.69, 9.17) is 21.3 Å². The van der Waals surface area contributed by atoms with Gasteiger partial charge in [-0.25, -0.2) is 15.0 Å². The largest absolute Gasteiger partial charge is 0.394 e. The van der Waals surface area contributed by atoms with Gasteiger partial charge in [-0.1, -0.05) is 0 Å². The maximum Gasteiger partial charge on any atom is 0.167 e. The summed E-state index contributed by atoms with van der Waals surface area (Å²) < 4.78 is 7.39. The highest BCUT2D eigenvalue weighted by Crippen LogP contribution is 2.29. The number of fused-ring (bicyclic) bond motifs is 1. The molecule has 2 aromatic rings. The lowest BCUT2D eigenvalue weighted by molar-refractivity contribution is -0.0239. The predicted molar refractivity (Wildman–Crippen MR) is 63.3 cm³/mol. The number of hydrogen-bond donors (Lipinski definition) is 3. The molecule has 0 bridgehead atoms. The molecule has 0 amide bonds. The molecule has 0 aromatic carbocycles. The Balaban J connectivity index is 2.02. The molecule has 8 heteroatoms. The van der Waals surface area contributed by atoms with Crippen LogP contribution in [0.1, 0.15) is 12.6 Å². The van der Waals surface area contributed by atoms with Gasteiger partial charge >= 0.3 is 0 Å². The van der Waals surface area contributed by atoms with Gasteiger partial charge in [-0.05, 0) is 6.42 Å². The summed E-state index contributed by atoms with van der Waals surface area (Å²) in [6, 6.07) is -0.212. The van der Waals surface area contributed by atoms with E-state index in [1.807, 2.05) is 0 Å². The summed E-state index contributed by atoms with van der Waals surface area (Å²) >= 11 is 0. The average Bonchev–Trinajstić information content (AvgIpc) is 2.93. The number of anilines is 1. The number of imidazole rings is 1. The zero-order chi connectivity index (χ0) is 12.7. The van der Waals surface area contributed by atoms with E-state index in [0.717, 1.165) is 0 Å². The highest BCUT2D eigenvalue weighted by atomic mass is 16.5. The van der Waals surface area contributed by atoms with Crippen molar-refractivity contribution in [2.75, 3.05) is 12.3 Å². The van der Waals surface area contributed by atoms with E-state index in [1.54, 1.807) is 10.9 Å². The molecule has 5 N–H and O–H groups in total. The lowest BCUT2D eigenvalue weighted by Gasteiger charge is -2.16. The number of nitrogens with two attached hydrogens (primary N) is 2. The second-order valence-corrected chi connectivity index (χ2v) is 4.31. The van der Waals surface area contributed by atoms with Crippen molar-refractivity contribution in [2.45, 2.75) is 24.8 Å². The van der Waals surface area contributed by atoms with Gasteiger partial charge in [0, 0.05) is 0 Å². The smallest absolute Gasteiger partial charge is 0.167 e. The molecule has 8 nitrogen and oxygen atoms in total. The molecule has 1 saturated heterocycles. The number of aliphatic hydroxyl groups excluding tert-OH is 1. The third-order valence-corrected chi connectivity index (χ3v) is 3.10. The van der Waals surface area contributed by atoms with E-state index in [-0.39, 0.29) is 25.0 Å². The van der Waals surface area contributed by atoms with Crippen LogP contribution in [0.15, 0.2) is 12.7 Å². The van der Waals surface area contributed by atoms with E-state index in [1.165, 1.54) is 6.33 Å². The van der Waals surface area contributed by atoms with Gasteiger partial charge in [0.1, 0.15) is 11.8 Å². The molecule has 0 saturated carbocycles. The summed E-state index contributed by atoms with van der Waals surface area (Å²) in [4.78, 5) is 12.2. The van der Waals surface area contributed by atoms with Crippen molar-refractivity contribution in [1.29, 1.82) is 0 Å². The highest BCUT2D eigenvalue weighted by Gasteiger charge is 2.34. The summed E-state index contributed by atoms with van der Waals surface area (Å²) in [7, 11) is 0. The van der Waals surface area contributed by atoms with Crippen LogP contribution in [0.5, 0.6) is 0 Å². The van der Waals surface area contributed by atoms with Gasteiger partial charge in [0.15, 0.2) is 17.7 Å². The van der Waals surface area contributed by atoms with Gasteiger partial charge in [-0.3, -0.25) is 4.57 Å². The Morgan fingerprint density at radius 1 is 1.44 bits per heavy atom. The maximum atomic E-state index is 9.11. The standard InChI is InChI=1S/C10H14N6O2/c11-6-1-5(2-17)18-10(6)16-4-15-7-8(12)13-3-14-9(7)16/h3-6,10,17H,1-2,11H2,(H2,12,13,14)/t5-,6+,10+/m0/s1.